The summed E-state index contributed by atoms with van der Waals surface area (Å²) >= 11 is 5.98. The second-order valence-electron chi connectivity index (χ2n) is 5.15. The summed E-state index contributed by atoms with van der Waals surface area (Å²) in [5.74, 6) is -1.15. The molecule has 2 rings (SSSR count). The molecule has 2 aromatic rings. The smallest absolute Gasteiger partial charge is 0.338 e. The Labute approximate surface area is 149 Å². The van der Waals surface area contributed by atoms with E-state index in [0.717, 1.165) is 5.56 Å². The molecule has 2 aromatic carbocycles. The molecule has 130 valence electrons. The van der Waals surface area contributed by atoms with E-state index in [1.54, 1.807) is 18.2 Å². The fourth-order valence-corrected chi connectivity index (χ4v) is 2.09. The van der Waals surface area contributed by atoms with Gasteiger partial charge in [-0.05, 0) is 48.9 Å². The van der Waals surface area contributed by atoms with Crippen molar-refractivity contribution < 1.29 is 19.1 Å². The van der Waals surface area contributed by atoms with Crippen molar-refractivity contribution in [3.8, 4) is 0 Å². The Bertz CT molecular complexity index is 806. The van der Waals surface area contributed by atoms with E-state index in [0.29, 0.717) is 16.4 Å². The van der Waals surface area contributed by atoms with Gasteiger partial charge >= 0.3 is 12.0 Å². The number of anilines is 2. The summed E-state index contributed by atoms with van der Waals surface area (Å²) in [5.41, 5.74) is 7.07. The highest BCUT2D eigenvalue weighted by Crippen LogP contribution is 2.19. The van der Waals surface area contributed by atoms with Crippen LogP contribution in [0.1, 0.15) is 15.9 Å². The van der Waals surface area contributed by atoms with Crippen molar-refractivity contribution in [3.05, 3.63) is 58.6 Å². The van der Waals surface area contributed by atoms with Crippen LogP contribution in [0.2, 0.25) is 5.02 Å². The lowest BCUT2D eigenvalue weighted by Crippen LogP contribution is -2.21. The largest absolute Gasteiger partial charge is 0.452 e. The molecule has 0 heterocycles. The lowest BCUT2D eigenvalue weighted by molar-refractivity contribution is -0.119. The number of halogens is 1. The Hall–Kier alpha value is -3.06. The molecular formula is C17H16ClN3O4. The second kappa shape index (κ2) is 8.16. The van der Waals surface area contributed by atoms with Gasteiger partial charge in [-0.15, -0.1) is 0 Å². The van der Waals surface area contributed by atoms with Crippen LogP contribution >= 0.6 is 11.6 Å². The first kappa shape index (κ1) is 18.3. The van der Waals surface area contributed by atoms with Crippen molar-refractivity contribution in [1.82, 2.24) is 0 Å². The van der Waals surface area contributed by atoms with Crippen molar-refractivity contribution in [3.63, 3.8) is 0 Å². The van der Waals surface area contributed by atoms with E-state index in [-0.39, 0.29) is 5.56 Å². The Morgan fingerprint density at radius 2 is 1.68 bits per heavy atom. The first-order chi connectivity index (χ1) is 11.8. The van der Waals surface area contributed by atoms with Crippen LogP contribution in [0.15, 0.2) is 42.5 Å². The van der Waals surface area contributed by atoms with Crippen LogP contribution < -0.4 is 16.4 Å². The lowest BCUT2D eigenvalue weighted by atomic mass is 10.2. The SMILES string of the molecule is Cc1ccc(NC(=O)COC(=O)c2ccc(NC(N)=O)cc2)cc1Cl. The van der Waals surface area contributed by atoms with Crippen molar-refractivity contribution in [2.24, 2.45) is 5.73 Å². The molecule has 0 saturated heterocycles. The van der Waals surface area contributed by atoms with Gasteiger partial charge in [-0.1, -0.05) is 17.7 Å². The summed E-state index contributed by atoms with van der Waals surface area (Å²) in [7, 11) is 0. The molecule has 0 bridgehead atoms. The van der Waals surface area contributed by atoms with Gasteiger partial charge < -0.3 is 21.1 Å². The van der Waals surface area contributed by atoms with Crippen LogP contribution in [0.5, 0.6) is 0 Å². The van der Waals surface area contributed by atoms with E-state index < -0.39 is 24.5 Å². The van der Waals surface area contributed by atoms with Crippen LogP contribution in [0.25, 0.3) is 0 Å². The zero-order valence-corrected chi connectivity index (χ0v) is 14.1. The van der Waals surface area contributed by atoms with Crippen molar-refractivity contribution in [2.45, 2.75) is 6.92 Å². The number of ether oxygens (including phenoxy) is 1. The van der Waals surface area contributed by atoms with Crippen molar-refractivity contribution in [1.29, 1.82) is 0 Å². The van der Waals surface area contributed by atoms with Crippen LogP contribution in [-0.2, 0) is 9.53 Å². The van der Waals surface area contributed by atoms with E-state index in [9.17, 15) is 14.4 Å². The van der Waals surface area contributed by atoms with Crippen LogP contribution in [0.4, 0.5) is 16.2 Å². The molecule has 0 spiro atoms. The molecule has 8 heteroatoms. The minimum absolute atomic E-state index is 0.237. The Morgan fingerprint density at radius 1 is 1.04 bits per heavy atom. The number of benzene rings is 2. The molecule has 4 N–H and O–H groups in total. The third-order valence-electron chi connectivity index (χ3n) is 3.18. The molecule has 0 aliphatic rings. The van der Waals surface area contributed by atoms with E-state index in [2.05, 4.69) is 10.6 Å². The quantitative estimate of drug-likeness (QED) is 0.711. The fraction of sp³-hybridized carbons (Fsp3) is 0.118. The molecule has 0 atom stereocenters. The molecule has 0 aromatic heterocycles. The molecule has 0 unspecified atom stereocenters. The lowest BCUT2D eigenvalue weighted by Gasteiger charge is -2.08. The van der Waals surface area contributed by atoms with E-state index in [4.69, 9.17) is 22.1 Å². The molecule has 0 radical (unpaired) electrons. The Kier molecular flexibility index (Phi) is 5.97. The van der Waals surface area contributed by atoms with Gasteiger partial charge in [0.2, 0.25) is 0 Å². The number of rotatable bonds is 5. The number of carbonyl (C=O) groups is 3. The zero-order valence-electron chi connectivity index (χ0n) is 13.3. The van der Waals surface area contributed by atoms with Gasteiger partial charge in [-0.2, -0.15) is 0 Å². The number of esters is 1. The number of primary amides is 1. The summed E-state index contributed by atoms with van der Waals surface area (Å²) in [5, 5.41) is 5.48. The molecule has 0 fully saturated rings. The van der Waals surface area contributed by atoms with Gasteiger partial charge in [-0.25, -0.2) is 9.59 Å². The summed E-state index contributed by atoms with van der Waals surface area (Å²) in [4.78, 5) is 34.4. The number of aryl methyl sites for hydroxylation is 1. The molecule has 3 amide bonds. The highest BCUT2D eigenvalue weighted by Gasteiger charge is 2.11. The van der Waals surface area contributed by atoms with E-state index in [1.165, 1.54) is 24.3 Å². The highest BCUT2D eigenvalue weighted by atomic mass is 35.5. The Balaban J connectivity index is 1.87. The molecule has 7 nitrogen and oxygen atoms in total. The topological polar surface area (TPSA) is 111 Å². The van der Waals surface area contributed by atoms with Gasteiger partial charge in [0.05, 0.1) is 5.56 Å². The molecule has 0 aliphatic heterocycles. The van der Waals surface area contributed by atoms with Gasteiger partial charge in [0.25, 0.3) is 5.91 Å². The van der Waals surface area contributed by atoms with Gasteiger partial charge in [0.15, 0.2) is 6.61 Å². The maximum atomic E-state index is 11.9. The zero-order chi connectivity index (χ0) is 18.4. The molecule has 0 aliphatic carbocycles. The molecule has 0 saturated carbocycles. The standard InChI is InChI=1S/C17H16ClN3O4/c1-10-2-5-13(8-14(10)18)20-15(22)9-25-16(23)11-3-6-12(7-4-11)21-17(19)24/h2-8H,9H2,1H3,(H,20,22)(H3,19,21,24). The van der Waals surface area contributed by atoms with E-state index >= 15 is 0 Å². The maximum absolute atomic E-state index is 11.9. The second-order valence-corrected chi connectivity index (χ2v) is 5.56. The van der Waals surface area contributed by atoms with Crippen molar-refractivity contribution >= 4 is 40.9 Å². The first-order valence-electron chi connectivity index (χ1n) is 7.25. The van der Waals surface area contributed by atoms with Gasteiger partial charge in [-0.3, -0.25) is 4.79 Å². The summed E-state index contributed by atoms with van der Waals surface area (Å²) in [6, 6.07) is 10.3. The number of hydrogen-bond acceptors (Lipinski definition) is 4. The minimum Gasteiger partial charge on any atom is -0.452 e. The summed E-state index contributed by atoms with van der Waals surface area (Å²) < 4.78 is 4.94. The fourth-order valence-electron chi connectivity index (χ4n) is 1.91. The summed E-state index contributed by atoms with van der Waals surface area (Å²) in [6.07, 6.45) is 0. The Morgan fingerprint density at radius 3 is 2.28 bits per heavy atom. The third-order valence-corrected chi connectivity index (χ3v) is 3.59. The normalized spacial score (nSPS) is 10.0. The first-order valence-corrected chi connectivity index (χ1v) is 7.62. The van der Waals surface area contributed by atoms with Gasteiger partial charge in [0.1, 0.15) is 0 Å². The average molecular weight is 362 g/mol. The number of nitrogens with two attached hydrogens (primary N) is 1. The minimum atomic E-state index is -0.705. The van der Waals surface area contributed by atoms with Crippen molar-refractivity contribution in [2.75, 3.05) is 17.2 Å². The number of amides is 3. The van der Waals surface area contributed by atoms with Crippen LogP contribution in [0.3, 0.4) is 0 Å². The van der Waals surface area contributed by atoms with Crippen LogP contribution in [0, 0.1) is 6.92 Å². The summed E-state index contributed by atoms with van der Waals surface area (Å²) in [6.45, 7) is 1.41. The van der Waals surface area contributed by atoms with Crippen LogP contribution in [-0.4, -0.2) is 24.5 Å². The molecule has 25 heavy (non-hydrogen) atoms. The molecular weight excluding hydrogens is 346 g/mol. The van der Waals surface area contributed by atoms with Gasteiger partial charge in [0, 0.05) is 16.4 Å². The van der Waals surface area contributed by atoms with E-state index in [1.807, 2.05) is 6.92 Å². The number of carbonyl (C=O) groups excluding carboxylic acids is 3. The number of hydrogen-bond donors (Lipinski definition) is 3. The third kappa shape index (κ3) is 5.50. The highest BCUT2D eigenvalue weighted by molar-refractivity contribution is 6.31. The maximum Gasteiger partial charge on any atom is 0.338 e. The number of urea groups is 1. The predicted molar refractivity (Wildman–Crippen MR) is 94.7 cm³/mol. The average Bonchev–Trinajstić information content (AvgIpc) is 2.56. The monoisotopic (exact) mass is 361 g/mol. The predicted octanol–water partition coefficient (Wildman–Crippen LogP) is 2.93. The number of nitrogens with one attached hydrogen (secondary N) is 2.